The van der Waals surface area contributed by atoms with Crippen molar-refractivity contribution in [3.63, 3.8) is 0 Å². The van der Waals surface area contributed by atoms with Crippen molar-refractivity contribution < 1.29 is 24.0 Å². The van der Waals surface area contributed by atoms with Crippen molar-refractivity contribution in [3.05, 3.63) is 53.2 Å². The maximum Gasteiger partial charge on any atom is 0.356 e. The number of hydrogen-bond donors (Lipinski definition) is 3. The van der Waals surface area contributed by atoms with Crippen LogP contribution in [0.15, 0.2) is 36.4 Å². The number of aromatic amines is 1. The Balaban J connectivity index is 1.44. The van der Waals surface area contributed by atoms with Crippen LogP contribution in [0.1, 0.15) is 21.6 Å². The standard InChI is InChI=1S/C25H30N4O4/c1-16-6-5-7-21(17(16)2)29-12-10-28(11-13-29)15-22(30)27-23-19-9-8-18(32-3)14-20(19)26-24(23)25(31)33-4/h5-9,14,26H,10-13,15H2,1-4H3,(H,27,30)/p+1. The number of benzene rings is 2. The molecule has 8 heteroatoms. The van der Waals surface area contributed by atoms with Crippen LogP contribution in [0.25, 0.3) is 10.9 Å². The zero-order chi connectivity index (χ0) is 23.5. The van der Waals surface area contributed by atoms with Crippen molar-refractivity contribution in [2.75, 3.05) is 57.2 Å². The van der Waals surface area contributed by atoms with Gasteiger partial charge in [0, 0.05) is 17.1 Å². The maximum atomic E-state index is 12.9. The molecule has 0 unspecified atom stereocenters. The van der Waals surface area contributed by atoms with Gasteiger partial charge in [-0.2, -0.15) is 0 Å². The van der Waals surface area contributed by atoms with Gasteiger partial charge >= 0.3 is 5.97 Å². The molecule has 8 nitrogen and oxygen atoms in total. The van der Waals surface area contributed by atoms with Crippen molar-refractivity contribution in [1.29, 1.82) is 0 Å². The molecule has 1 aliphatic heterocycles. The molecule has 2 aromatic carbocycles. The number of piperazine rings is 1. The normalized spacial score (nSPS) is 14.4. The Labute approximate surface area is 193 Å². The largest absolute Gasteiger partial charge is 0.497 e. The number of esters is 1. The third-order valence-corrected chi connectivity index (χ3v) is 6.46. The van der Waals surface area contributed by atoms with Gasteiger partial charge in [-0.15, -0.1) is 0 Å². The molecule has 3 N–H and O–H groups in total. The smallest absolute Gasteiger partial charge is 0.356 e. The Bertz CT molecular complexity index is 1180. The van der Waals surface area contributed by atoms with E-state index < -0.39 is 5.97 Å². The van der Waals surface area contributed by atoms with E-state index in [9.17, 15) is 9.59 Å². The fourth-order valence-corrected chi connectivity index (χ4v) is 4.42. The van der Waals surface area contributed by atoms with E-state index in [0.29, 0.717) is 23.5 Å². The number of rotatable bonds is 6. The van der Waals surface area contributed by atoms with E-state index in [1.807, 2.05) is 6.07 Å². The SMILES string of the molecule is COC(=O)c1[nH]c2cc(OC)ccc2c1NC(=O)C[NH+]1CCN(c2cccc(C)c2C)CC1. The van der Waals surface area contributed by atoms with Crippen molar-refractivity contribution in [2.24, 2.45) is 0 Å². The molecular weight excluding hydrogens is 420 g/mol. The van der Waals surface area contributed by atoms with E-state index in [1.165, 1.54) is 28.8 Å². The molecular formula is C25H31N4O4+. The number of nitrogens with one attached hydrogen (secondary N) is 3. The van der Waals surface area contributed by atoms with Crippen molar-refractivity contribution in [1.82, 2.24) is 4.98 Å². The number of nitrogens with zero attached hydrogens (tertiary/aromatic N) is 1. The van der Waals surface area contributed by atoms with E-state index in [1.54, 1.807) is 19.2 Å². The summed E-state index contributed by atoms with van der Waals surface area (Å²) in [7, 11) is 2.90. The predicted molar refractivity (Wildman–Crippen MR) is 129 cm³/mol. The summed E-state index contributed by atoms with van der Waals surface area (Å²) in [4.78, 5) is 31.9. The first kappa shape index (κ1) is 22.7. The van der Waals surface area contributed by atoms with Crippen LogP contribution in [0, 0.1) is 13.8 Å². The van der Waals surface area contributed by atoms with E-state index in [0.717, 1.165) is 31.6 Å². The van der Waals surface area contributed by atoms with Gasteiger partial charge in [0.2, 0.25) is 0 Å². The molecule has 4 rings (SSSR count). The number of methoxy groups -OCH3 is 2. The van der Waals surface area contributed by atoms with Crippen LogP contribution in [0.5, 0.6) is 5.75 Å². The lowest BCUT2D eigenvalue weighted by molar-refractivity contribution is -0.892. The fraction of sp³-hybridized carbons (Fsp3) is 0.360. The summed E-state index contributed by atoms with van der Waals surface area (Å²) in [5.41, 5.74) is 5.24. The summed E-state index contributed by atoms with van der Waals surface area (Å²) in [5.74, 6) is -0.00814. The van der Waals surface area contributed by atoms with Crippen LogP contribution in [-0.4, -0.2) is 63.8 Å². The number of carbonyl (C=O) groups is 2. The minimum atomic E-state index is -0.532. The number of carbonyl (C=O) groups excluding carboxylic acids is 2. The average molecular weight is 452 g/mol. The number of fused-ring (bicyclic) bond motifs is 1. The molecule has 0 saturated carbocycles. The van der Waals surface area contributed by atoms with Crippen LogP contribution in [0.2, 0.25) is 0 Å². The number of aryl methyl sites for hydroxylation is 1. The number of hydrogen-bond acceptors (Lipinski definition) is 5. The number of quaternary nitrogens is 1. The first-order valence-corrected chi connectivity index (χ1v) is 11.1. The van der Waals surface area contributed by atoms with Crippen LogP contribution < -0.4 is 19.9 Å². The molecule has 1 fully saturated rings. The molecule has 0 radical (unpaired) electrons. The fourth-order valence-electron chi connectivity index (χ4n) is 4.42. The molecule has 0 spiro atoms. The van der Waals surface area contributed by atoms with Crippen LogP contribution in [-0.2, 0) is 9.53 Å². The second-order valence-corrected chi connectivity index (χ2v) is 8.46. The summed E-state index contributed by atoms with van der Waals surface area (Å²) >= 11 is 0. The minimum absolute atomic E-state index is 0.132. The van der Waals surface area contributed by atoms with Gasteiger partial charge in [0.05, 0.1) is 51.6 Å². The highest BCUT2D eigenvalue weighted by atomic mass is 16.5. The number of amides is 1. The summed E-state index contributed by atoms with van der Waals surface area (Å²) in [6, 6.07) is 11.8. The molecule has 0 bridgehead atoms. The Morgan fingerprint density at radius 2 is 1.88 bits per heavy atom. The van der Waals surface area contributed by atoms with E-state index in [2.05, 4.69) is 47.2 Å². The third kappa shape index (κ3) is 4.66. The Hall–Kier alpha value is -3.52. The summed E-state index contributed by atoms with van der Waals surface area (Å²) < 4.78 is 10.2. The van der Waals surface area contributed by atoms with Crippen LogP contribution >= 0.6 is 0 Å². The first-order valence-electron chi connectivity index (χ1n) is 11.1. The van der Waals surface area contributed by atoms with Crippen molar-refractivity contribution in [2.45, 2.75) is 13.8 Å². The van der Waals surface area contributed by atoms with Gasteiger partial charge in [0.15, 0.2) is 6.54 Å². The first-order chi connectivity index (χ1) is 15.9. The molecule has 33 heavy (non-hydrogen) atoms. The molecule has 0 aliphatic carbocycles. The third-order valence-electron chi connectivity index (χ3n) is 6.46. The molecule has 3 aromatic rings. The van der Waals surface area contributed by atoms with Gasteiger partial charge in [-0.1, -0.05) is 12.1 Å². The van der Waals surface area contributed by atoms with Gasteiger partial charge in [-0.05, 0) is 43.2 Å². The highest BCUT2D eigenvalue weighted by molar-refractivity contribution is 6.11. The molecule has 1 saturated heterocycles. The summed E-state index contributed by atoms with van der Waals surface area (Å²) in [6.07, 6.45) is 0. The zero-order valence-corrected chi connectivity index (χ0v) is 19.6. The van der Waals surface area contributed by atoms with Gasteiger partial charge in [-0.25, -0.2) is 4.79 Å². The molecule has 2 heterocycles. The summed E-state index contributed by atoms with van der Waals surface area (Å²) in [6.45, 7) is 8.16. The molecule has 0 atom stereocenters. The van der Waals surface area contributed by atoms with E-state index >= 15 is 0 Å². The highest BCUT2D eigenvalue weighted by Gasteiger charge is 2.26. The topological polar surface area (TPSA) is 88.1 Å². The lowest BCUT2D eigenvalue weighted by atomic mass is 10.1. The van der Waals surface area contributed by atoms with Crippen LogP contribution in [0.4, 0.5) is 11.4 Å². The average Bonchev–Trinajstić information content (AvgIpc) is 3.18. The Morgan fingerprint density at radius 3 is 2.58 bits per heavy atom. The predicted octanol–water partition coefficient (Wildman–Crippen LogP) is 1.92. The number of anilines is 2. The van der Waals surface area contributed by atoms with Gasteiger partial charge in [0.25, 0.3) is 5.91 Å². The Kier molecular flexibility index (Phi) is 6.55. The zero-order valence-electron chi connectivity index (χ0n) is 19.6. The number of H-pyrrole nitrogens is 1. The van der Waals surface area contributed by atoms with Crippen molar-refractivity contribution in [3.8, 4) is 5.75 Å². The van der Waals surface area contributed by atoms with E-state index in [4.69, 9.17) is 9.47 Å². The Morgan fingerprint density at radius 1 is 1.12 bits per heavy atom. The number of ether oxygens (including phenoxy) is 2. The second-order valence-electron chi connectivity index (χ2n) is 8.46. The van der Waals surface area contributed by atoms with Crippen molar-refractivity contribution >= 4 is 34.2 Å². The molecule has 1 aromatic heterocycles. The van der Waals surface area contributed by atoms with E-state index in [-0.39, 0.29) is 11.6 Å². The van der Waals surface area contributed by atoms with Gasteiger partial charge in [0.1, 0.15) is 11.4 Å². The highest BCUT2D eigenvalue weighted by Crippen LogP contribution is 2.31. The number of aromatic nitrogens is 1. The monoisotopic (exact) mass is 451 g/mol. The molecule has 1 aliphatic rings. The quantitative estimate of drug-likeness (QED) is 0.499. The van der Waals surface area contributed by atoms with Gasteiger partial charge in [-0.3, -0.25) is 4.79 Å². The summed E-state index contributed by atoms with van der Waals surface area (Å²) in [5, 5.41) is 3.68. The van der Waals surface area contributed by atoms with Gasteiger partial charge < -0.3 is 29.6 Å². The lowest BCUT2D eigenvalue weighted by Crippen LogP contribution is -3.15. The molecule has 174 valence electrons. The molecule has 1 amide bonds. The van der Waals surface area contributed by atoms with Crippen LogP contribution in [0.3, 0.4) is 0 Å². The maximum absolute atomic E-state index is 12.9. The minimum Gasteiger partial charge on any atom is -0.497 e. The second kappa shape index (κ2) is 9.54. The lowest BCUT2D eigenvalue weighted by Gasteiger charge is -2.34.